The molecule has 10 heteroatoms. The van der Waals surface area contributed by atoms with E-state index in [0.29, 0.717) is 38.5 Å². The molecule has 0 aliphatic carbocycles. The van der Waals surface area contributed by atoms with Crippen LogP contribution in [0.2, 0.25) is 0 Å². The number of aliphatic hydroxyl groups is 1. The van der Waals surface area contributed by atoms with Crippen molar-refractivity contribution in [3.63, 3.8) is 0 Å². The van der Waals surface area contributed by atoms with Crippen LogP contribution in [-0.4, -0.2) is 64.9 Å². The number of hydrogen-bond donors (Lipinski definition) is 3. The van der Waals surface area contributed by atoms with Crippen LogP contribution in [0.4, 0.5) is 17.6 Å². The molecule has 1 atom stereocenters. The summed E-state index contributed by atoms with van der Waals surface area (Å²) >= 11 is 0. The van der Waals surface area contributed by atoms with E-state index in [4.69, 9.17) is 9.90 Å². The number of nitrogens with one attached hydrogen (secondary N) is 1. The summed E-state index contributed by atoms with van der Waals surface area (Å²) in [5.74, 6) is -2.57. The second kappa shape index (κ2) is 9.53. The van der Waals surface area contributed by atoms with Crippen molar-refractivity contribution >= 4 is 11.9 Å². The van der Waals surface area contributed by atoms with Gasteiger partial charge in [0.15, 0.2) is 5.60 Å². The maximum absolute atomic E-state index is 12.9. The fourth-order valence-electron chi connectivity index (χ4n) is 3.45. The number of aliphatic carboxylic acids is 1. The highest BCUT2D eigenvalue weighted by molar-refractivity contribution is 5.85. The SMILES string of the molecule is O=C(N1CCC(Cc2ccc(F)cc2)CC1)C1(O)CCNC1.O=C(O)C(F)(F)F. The predicted octanol–water partition coefficient (Wildman–Crippen LogP) is 1.96. The van der Waals surface area contributed by atoms with E-state index in [1.54, 1.807) is 4.90 Å². The van der Waals surface area contributed by atoms with Crippen molar-refractivity contribution in [3.05, 3.63) is 35.6 Å². The van der Waals surface area contributed by atoms with Crippen LogP contribution in [0, 0.1) is 11.7 Å². The molecule has 1 aromatic carbocycles. The smallest absolute Gasteiger partial charge is 0.475 e. The van der Waals surface area contributed by atoms with Crippen molar-refractivity contribution in [1.29, 1.82) is 0 Å². The van der Waals surface area contributed by atoms with Gasteiger partial charge >= 0.3 is 12.1 Å². The molecule has 2 aliphatic heterocycles. The third kappa shape index (κ3) is 6.67. The van der Waals surface area contributed by atoms with Gasteiger partial charge in [0, 0.05) is 19.6 Å². The van der Waals surface area contributed by atoms with Gasteiger partial charge in [-0.05, 0) is 55.8 Å². The molecule has 2 saturated heterocycles. The van der Waals surface area contributed by atoms with Gasteiger partial charge in [-0.15, -0.1) is 0 Å². The number of β-amino-alcohol motifs (C(OH)–C–C–N with tert-alkyl or cyclic N) is 1. The van der Waals surface area contributed by atoms with Crippen LogP contribution in [0.3, 0.4) is 0 Å². The predicted molar refractivity (Wildman–Crippen MR) is 95.5 cm³/mol. The number of alkyl halides is 3. The molecule has 3 N–H and O–H groups in total. The average Bonchev–Trinajstić information content (AvgIpc) is 3.11. The number of rotatable bonds is 3. The zero-order valence-corrected chi connectivity index (χ0v) is 15.7. The molecule has 3 rings (SSSR count). The quantitative estimate of drug-likeness (QED) is 0.651. The van der Waals surface area contributed by atoms with E-state index in [0.717, 1.165) is 24.8 Å². The summed E-state index contributed by atoms with van der Waals surface area (Å²) in [6, 6.07) is 6.66. The van der Waals surface area contributed by atoms with E-state index in [9.17, 15) is 27.5 Å². The number of carbonyl (C=O) groups is 2. The van der Waals surface area contributed by atoms with Gasteiger partial charge in [-0.2, -0.15) is 13.2 Å². The lowest BCUT2D eigenvalue weighted by molar-refractivity contribution is -0.192. The third-order valence-electron chi connectivity index (χ3n) is 5.11. The van der Waals surface area contributed by atoms with Gasteiger partial charge in [0.1, 0.15) is 5.82 Å². The first-order chi connectivity index (χ1) is 13.5. The molecule has 0 spiro atoms. The third-order valence-corrected chi connectivity index (χ3v) is 5.11. The first kappa shape index (κ1) is 23.1. The van der Waals surface area contributed by atoms with Crippen molar-refractivity contribution in [3.8, 4) is 0 Å². The largest absolute Gasteiger partial charge is 0.490 e. The minimum Gasteiger partial charge on any atom is -0.475 e. The molecule has 0 saturated carbocycles. The Morgan fingerprint density at radius 3 is 2.17 bits per heavy atom. The second-order valence-electron chi connectivity index (χ2n) is 7.33. The van der Waals surface area contributed by atoms with Crippen LogP contribution < -0.4 is 5.32 Å². The molecule has 0 aromatic heterocycles. The van der Waals surface area contributed by atoms with Gasteiger partial charge < -0.3 is 20.4 Å². The van der Waals surface area contributed by atoms with Crippen molar-refractivity contribution in [2.45, 2.75) is 37.5 Å². The summed E-state index contributed by atoms with van der Waals surface area (Å²) in [6.45, 7) is 2.46. The van der Waals surface area contributed by atoms with Crippen LogP contribution >= 0.6 is 0 Å². The van der Waals surface area contributed by atoms with E-state index in [1.165, 1.54) is 12.1 Å². The van der Waals surface area contributed by atoms with Gasteiger partial charge in [-0.25, -0.2) is 9.18 Å². The molecule has 0 bridgehead atoms. The number of piperidine rings is 1. The lowest BCUT2D eigenvalue weighted by atomic mass is 9.89. The van der Waals surface area contributed by atoms with Gasteiger partial charge in [-0.3, -0.25) is 4.79 Å². The number of nitrogens with zero attached hydrogens (tertiary/aromatic N) is 1. The molecule has 1 amide bonds. The lowest BCUT2D eigenvalue weighted by Crippen LogP contribution is -2.52. The van der Waals surface area contributed by atoms with Gasteiger partial charge in [-0.1, -0.05) is 12.1 Å². The Labute approximate surface area is 165 Å². The fourth-order valence-corrected chi connectivity index (χ4v) is 3.45. The Hall–Kier alpha value is -2.20. The summed E-state index contributed by atoms with van der Waals surface area (Å²) in [6.07, 6.45) is -1.78. The van der Waals surface area contributed by atoms with E-state index in [1.807, 2.05) is 12.1 Å². The Kier molecular flexibility index (Phi) is 7.59. The van der Waals surface area contributed by atoms with Gasteiger partial charge in [0.05, 0.1) is 0 Å². The molecule has 2 fully saturated rings. The molecular weight excluding hydrogens is 396 g/mol. The minimum absolute atomic E-state index is 0.127. The number of benzene rings is 1. The number of likely N-dealkylation sites (tertiary alicyclic amines) is 1. The van der Waals surface area contributed by atoms with E-state index in [-0.39, 0.29) is 11.7 Å². The molecule has 29 heavy (non-hydrogen) atoms. The summed E-state index contributed by atoms with van der Waals surface area (Å²) in [4.78, 5) is 23.1. The lowest BCUT2D eigenvalue weighted by Gasteiger charge is -2.36. The highest BCUT2D eigenvalue weighted by Gasteiger charge is 2.42. The average molecular weight is 420 g/mol. The van der Waals surface area contributed by atoms with Gasteiger partial charge in [0.2, 0.25) is 0 Å². The number of carboxylic acid groups (broad SMARTS) is 1. The fraction of sp³-hybridized carbons (Fsp3) is 0.579. The topological polar surface area (TPSA) is 89.9 Å². The van der Waals surface area contributed by atoms with Crippen molar-refractivity contribution in [2.75, 3.05) is 26.2 Å². The number of amides is 1. The zero-order chi connectivity index (χ0) is 21.7. The Morgan fingerprint density at radius 2 is 1.72 bits per heavy atom. The van der Waals surface area contributed by atoms with E-state index in [2.05, 4.69) is 5.32 Å². The molecule has 2 heterocycles. The van der Waals surface area contributed by atoms with Crippen LogP contribution in [0.25, 0.3) is 0 Å². The van der Waals surface area contributed by atoms with Crippen molar-refractivity contribution in [1.82, 2.24) is 10.2 Å². The number of hydrogen-bond acceptors (Lipinski definition) is 4. The molecule has 2 aliphatic rings. The Bertz CT molecular complexity index is 695. The Morgan fingerprint density at radius 1 is 1.17 bits per heavy atom. The normalized spacial score (nSPS) is 22.7. The van der Waals surface area contributed by atoms with Crippen LogP contribution in [0.5, 0.6) is 0 Å². The van der Waals surface area contributed by atoms with Crippen LogP contribution in [0.1, 0.15) is 24.8 Å². The second-order valence-corrected chi connectivity index (χ2v) is 7.33. The summed E-state index contributed by atoms with van der Waals surface area (Å²) in [7, 11) is 0. The Balaban J connectivity index is 0.000000370. The maximum atomic E-state index is 12.9. The van der Waals surface area contributed by atoms with Crippen LogP contribution in [0.15, 0.2) is 24.3 Å². The highest BCUT2D eigenvalue weighted by Crippen LogP contribution is 2.25. The zero-order valence-electron chi connectivity index (χ0n) is 15.7. The number of halogens is 4. The maximum Gasteiger partial charge on any atom is 0.490 e. The molecule has 6 nitrogen and oxygen atoms in total. The molecule has 1 aromatic rings. The monoisotopic (exact) mass is 420 g/mol. The van der Waals surface area contributed by atoms with Gasteiger partial charge in [0.25, 0.3) is 5.91 Å². The summed E-state index contributed by atoms with van der Waals surface area (Å²) in [5, 5.41) is 20.5. The van der Waals surface area contributed by atoms with Crippen molar-refractivity contribution < 1.29 is 37.4 Å². The van der Waals surface area contributed by atoms with E-state index >= 15 is 0 Å². The first-order valence-electron chi connectivity index (χ1n) is 9.28. The molecular formula is C19H24F4N2O4. The standard InChI is InChI=1S/C17H23FN2O2.C2HF3O2/c18-15-3-1-13(2-4-15)11-14-5-9-20(10-6-14)16(21)17(22)7-8-19-12-17;3-2(4,5)1(6)7/h1-4,14,19,22H,5-12H2;(H,6,7). The summed E-state index contributed by atoms with van der Waals surface area (Å²) in [5.41, 5.74) is -0.0612. The van der Waals surface area contributed by atoms with E-state index < -0.39 is 17.7 Å². The van der Waals surface area contributed by atoms with Crippen molar-refractivity contribution in [2.24, 2.45) is 5.92 Å². The van der Waals surface area contributed by atoms with Crippen LogP contribution in [-0.2, 0) is 16.0 Å². The minimum atomic E-state index is -5.08. The number of carboxylic acids is 1. The summed E-state index contributed by atoms with van der Waals surface area (Å²) < 4.78 is 44.7. The first-order valence-corrected chi connectivity index (χ1v) is 9.28. The highest BCUT2D eigenvalue weighted by atomic mass is 19.4. The molecule has 0 radical (unpaired) electrons. The molecule has 1 unspecified atom stereocenters. The number of carbonyl (C=O) groups excluding carboxylic acids is 1. The molecule has 162 valence electrons.